The number of hydrogen-bond acceptors (Lipinski definition) is 3. The second-order valence-corrected chi connectivity index (χ2v) is 4.04. The third kappa shape index (κ3) is 1.85. The third-order valence-corrected chi connectivity index (χ3v) is 2.68. The fourth-order valence-corrected chi connectivity index (χ4v) is 1.82. The molecule has 2 rings (SSSR count). The molecule has 4 heteroatoms. The van der Waals surface area contributed by atoms with E-state index in [9.17, 15) is 0 Å². The highest BCUT2D eigenvalue weighted by molar-refractivity contribution is 5.78. The number of aryl methyl sites for hydroxylation is 1. The van der Waals surface area contributed by atoms with E-state index in [1.165, 1.54) is 5.56 Å². The Balaban J connectivity index is 2.45. The van der Waals surface area contributed by atoms with E-state index < -0.39 is 0 Å². The van der Waals surface area contributed by atoms with Gasteiger partial charge in [0.05, 0.1) is 5.52 Å². The molecule has 1 heterocycles. The second kappa shape index (κ2) is 3.98. The number of benzene rings is 1. The summed E-state index contributed by atoms with van der Waals surface area (Å²) in [5.41, 5.74) is 9.00. The lowest BCUT2D eigenvalue weighted by Gasteiger charge is -2.09. The minimum Gasteiger partial charge on any atom is -0.330 e. The van der Waals surface area contributed by atoms with E-state index in [1.54, 1.807) is 0 Å². The fourth-order valence-electron chi connectivity index (χ4n) is 1.82. The van der Waals surface area contributed by atoms with Gasteiger partial charge < -0.3 is 5.73 Å². The first-order chi connectivity index (χ1) is 7.22. The zero-order chi connectivity index (χ0) is 10.8. The lowest BCUT2D eigenvalue weighted by molar-refractivity contribution is 0.593. The molecule has 0 fully saturated rings. The molecular formula is C11H16N4. The quantitative estimate of drug-likeness (QED) is 0.814. The van der Waals surface area contributed by atoms with Crippen LogP contribution in [0.15, 0.2) is 18.2 Å². The molecule has 0 amide bonds. The maximum absolute atomic E-state index is 5.64. The van der Waals surface area contributed by atoms with Gasteiger partial charge in [-0.3, -0.25) is 0 Å². The molecule has 0 radical (unpaired) electrons. The van der Waals surface area contributed by atoms with E-state index in [-0.39, 0.29) is 0 Å². The number of rotatable bonds is 3. The van der Waals surface area contributed by atoms with Crippen LogP contribution in [0.25, 0.3) is 11.0 Å². The third-order valence-electron chi connectivity index (χ3n) is 2.68. The summed E-state index contributed by atoms with van der Waals surface area (Å²) < 4.78 is 1.83. The Labute approximate surface area is 89.1 Å². The van der Waals surface area contributed by atoms with Crippen LogP contribution in [0.2, 0.25) is 0 Å². The van der Waals surface area contributed by atoms with Crippen molar-refractivity contribution in [1.29, 1.82) is 0 Å². The van der Waals surface area contributed by atoms with Gasteiger partial charge in [0.2, 0.25) is 0 Å². The van der Waals surface area contributed by atoms with Gasteiger partial charge >= 0.3 is 0 Å². The van der Waals surface area contributed by atoms with Gasteiger partial charge in [0.15, 0.2) is 0 Å². The van der Waals surface area contributed by atoms with Gasteiger partial charge in [0.1, 0.15) is 5.52 Å². The first kappa shape index (κ1) is 10.1. The van der Waals surface area contributed by atoms with Crippen LogP contribution in [0.5, 0.6) is 0 Å². The fraction of sp³-hybridized carbons (Fsp3) is 0.455. The summed E-state index contributed by atoms with van der Waals surface area (Å²) in [6, 6.07) is 6.13. The number of aromatic nitrogens is 3. The number of fused-ring (bicyclic) bond motifs is 1. The summed E-state index contributed by atoms with van der Waals surface area (Å²) in [7, 11) is 1.92. The van der Waals surface area contributed by atoms with Gasteiger partial charge in [-0.05, 0) is 30.5 Å². The van der Waals surface area contributed by atoms with Crippen molar-refractivity contribution in [3.63, 3.8) is 0 Å². The summed E-state index contributed by atoms with van der Waals surface area (Å²) in [6.45, 7) is 2.87. The minimum absolute atomic E-state index is 0.491. The number of nitrogens with zero attached hydrogens (tertiary/aromatic N) is 3. The Bertz CT molecular complexity index is 461. The maximum atomic E-state index is 5.64. The molecule has 0 aliphatic carbocycles. The molecule has 1 atom stereocenters. The molecule has 2 aromatic rings. The standard InChI is InChI=1S/C11H16N4/c1-8(7-12)6-9-4-3-5-10-11(9)15(2)14-13-10/h3-5,8H,6-7,12H2,1-2H3. The van der Waals surface area contributed by atoms with Crippen molar-refractivity contribution in [3.05, 3.63) is 23.8 Å². The topological polar surface area (TPSA) is 56.7 Å². The predicted octanol–water partition coefficient (Wildman–Crippen LogP) is 1.11. The lowest BCUT2D eigenvalue weighted by Crippen LogP contribution is -2.13. The molecule has 15 heavy (non-hydrogen) atoms. The number of nitrogens with two attached hydrogens (primary N) is 1. The molecule has 2 N–H and O–H groups in total. The van der Waals surface area contributed by atoms with Gasteiger partial charge in [0, 0.05) is 7.05 Å². The van der Waals surface area contributed by atoms with Crippen molar-refractivity contribution in [1.82, 2.24) is 15.0 Å². The normalized spacial score (nSPS) is 13.3. The molecule has 0 bridgehead atoms. The van der Waals surface area contributed by atoms with E-state index in [0.717, 1.165) is 17.5 Å². The molecule has 0 spiro atoms. The molecule has 0 saturated carbocycles. The van der Waals surface area contributed by atoms with Crippen LogP contribution < -0.4 is 5.73 Å². The summed E-state index contributed by atoms with van der Waals surface area (Å²) >= 11 is 0. The lowest BCUT2D eigenvalue weighted by atomic mass is 10.0. The average molecular weight is 204 g/mol. The minimum atomic E-state index is 0.491. The Morgan fingerprint density at radius 3 is 3.00 bits per heavy atom. The Morgan fingerprint density at radius 1 is 1.47 bits per heavy atom. The molecule has 0 saturated heterocycles. The number of hydrogen-bond donors (Lipinski definition) is 1. The molecular weight excluding hydrogens is 188 g/mol. The van der Waals surface area contributed by atoms with E-state index in [2.05, 4.69) is 23.3 Å². The highest BCUT2D eigenvalue weighted by atomic mass is 15.4. The largest absolute Gasteiger partial charge is 0.330 e. The summed E-state index contributed by atoms with van der Waals surface area (Å²) in [5, 5.41) is 8.12. The zero-order valence-electron chi connectivity index (χ0n) is 9.14. The van der Waals surface area contributed by atoms with Crippen LogP contribution in [0.1, 0.15) is 12.5 Å². The van der Waals surface area contributed by atoms with Crippen LogP contribution in [-0.4, -0.2) is 21.5 Å². The first-order valence-corrected chi connectivity index (χ1v) is 5.19. The van der Waals surface area contributed by atoms with Gasteiger partial charge in [0.25, 0.3) is 0 Å². The zero-order valence-corrected chi connectivity index (χ0v) is 9.14. The van der Waals surface area contributed by atoms with Crippen LogP contribution in [0.4, 0.5) is 0 Å². The molecule has 4 nitrogen and oxygen atoms in total. The SMILES string of the molecule is CC(CN)Cc1cccc2nnn(C)c12. The van der Waals surface area contributed by atoms with Crippen molar-refractivity contribution in [2.75, 3.05) is 6.54 Å². The molecule has 0 aliphatic rings. The predicted molar refractivity (Wildman–Crippen MR) is 60.4 cm³/mol. The second-order valence-electron chi connectivity index (χ2n) is 4.04. The van der Waals surface area contributed by atoms with E-state index >= 15 is 0 Å². The van der Waals surface area contributed by atoms with Crippen LogP contribution in [0.3, 0.4) is 0 Å². The first-order valence-electron chi connectivity index (χ1n) is 5.19. The monoisotopic (exact) mass is 204 g/mol. The van der Waals surface area contributed by atoms with Gasteiger partial charge in [-0.2, -0.15) is 0 Å². The average Bonchev–Trinajstić information content (AvgIpc) is 2.61. The highest BCUT2D eigenvalue weighted by Crippen LogP contribution is 2.18. The van der Waals surface area contributed by atoms with Crippen molar-refractivity contribution >= 4 is 11.0 Å². The van der Waals surface area contributed by atoms with Crippen molar-refractivity contribution in [3.8, 4) is 0 Å². The molecule has 0 aliphatic heterocycles. The van der Waals surface area contributed by atoms with E-state index in [1.807, 2.05) is 23.9 Å². The summed E-state index contributed by atoms with van der Waals surface area (Å²) in [5.74, 6) is 0.491. The molecule has 1 aromatic heterocycles. The summed E-state index contributed by atoms with van der Waals surface area (Å²) in [6.07, 6.45) is 0.981. The summed E-state index contributed by atoms with van der Waals surface area (Å²) in [4.78, 5) is 0. The van der Waals surface area contributed by atoms with Crippen molar-refractivity contribution in [2.45, 2.75) is 13.3 Å². The van der Waals surface area contributed by atoms with Crippen molar-refractivity contribution in [2.24, 2.45) is 18.7 Å². The molecule has 1 aromatic carbocycles. The highest BCUT2D eigenvalue weighted by Gasteiger charge is 2.09. The van der Waals surface area contributed by atoms with Gasteiger partial charge in [-0.25, -0.2) is 4.68 Å². The molecule has 80 valence electrons. The van der Waals surface area contributed by atoms with Crippen molar-refractivity contribution < 1.29 is 0 Å². The maximum Gasteiger partial charge on any atom is 0.113 e. The van der Waals surface area contributed by atoms with Crippen LogP contribution in [-0.2, 0) is 13.5 Å². The van der Waals surface area contributed by atoms with E-state index in [4.69, 9.17) is 5.73 Å². The Kier molecular flexibility index (Phi) is 2.68. The molecule has 1 unspecified atom stereocenters. The van der Waals surface area contributed by atoms with Gasteiger partial charge in [-0.15, -0.1) is 5.10 Å². The Hall–Kier alpha value is -1.42. The van der Waals surface area contributed by atoms with Gasteiger partial charge in [-0.1, -0.05) is 24.3 Å². The Morgan fingerprint density at radius 2 is 2.27 bits per heavy atom. The van der Waals surface area contributed by atoms with Crippen LogP contribution >= 0.6 is 0 Å². The number of para-hydroxylation sites is 1. The van der Waals surface area contributed by atoms with Crippen LogP contribution in [0, 0.1) is 5.92 Å². The van der Waals surface area contributed by atoms with E-state index in [0.29, 0.717) is 12.5 Å². The smallest absolute Gasteiger partial charge is 0.113 e.